The van der Waals surface area contributed by atoms with E-state index in [1.165, 1.54) is 77.0 Å². The molecule has 0 aliphatic carbocycles. The van der Waals surface area contributed by atoms with Gasteiger partial charge >= 0.3 is 5.97 Å². The van der Waals surface area contributed by atoms with E-state index in [0.717, 1.165) is 18.8 Å². The third-order valence-corrected chi connectivity index (χ3v) is 4.53. The second-order valence-corrected chi connectivity index (χ2v) is 6.53. The SMILES string of the molecule is CCCC(CC)CCCCCCCCCCCCC(=O)O. The first-order valence-corrected chi connectivity index (χ1v) is 9.42. The second kappa shape index (κ2) is 15.9. The third-order valence-electron chi connectivity index (χ3n) is 4.53. The van der Waals surface area contributed by atoms with Crippen molar-refractivity contribution >= 4 is 5.97 Å². The Morgan fingerprint density at radius 1 is 0.762 bits per heavy atom. The summed E-state index contributed by atoms with van der Waals surface area (Å²) in [7, 11) is 0. The van der Waals surface area contributed by atoms with Crippen molar-refractivity contribution in [1.29, 1.82) is 0 Å². The summed E-state index contributed by atoms with van der Waals surface area (Å²) in [6.45, 7) is 4.63. The van der Waals surface area contributed by atoms with Crippen molar-refractivity contribution in [3.05, 3.63) is 0 Å². The van der Waals surface area contributed by atoms with Crippen LogP contribution in [-0.2, 0) is 4.79 Å². The lowest BCUT2D eigenvalue weighted by molar-refractivity contribution is -0.137. The Labute approximate surface area is 132 Å². The minimum Gasteiger partial charge on any atom is -0.481 e. The van der Waals surface area contributed by atoms with Gasteiger partial charge < -0.3 is 5.11 Å². The molecule has 1 unspecified atom stereocenters. The van der Waals surface area contributed by atoms with Gasteiger partial charge in [-0.05, 0) is 12.3 Å². The van der Waals surface area contributed by atoms with Crippen LogP contribution in [0.25, 0.3) is 0 Å². The first-order valence-electron chi connectivity index (χ1n) is 9.42. The van der Waals surface area contributed by atoms with E-state index in [9.17, 15) is 4.79 Å². The van der Waals surface area contributed by atoms with Crippen LogP contribution in [0.15, 0.2) is 0 Å². The molecule has 0 aromatic rings. The number of carbonyl (C=O) groups is 1. The summed E-state index contributed by atoms with van der Waals surface area (Å²) >= 11 is 0. The summed E-state index contributed by atoms with van der Waals surface area (Å²) in [6.07, 6.45) is 18.7. The average Bonchev–Trinajstić information content (AvgIpc) is 2.46. The van der Waals surface area contributed by atoms with Gasteiger partial charge in [0, 0.05) is 6.42 Å². The number of hydrogen-bond donors (Lipinski definition) is 1. The van der Waals surface area contributed by atoms with Gasteiger partial charge in [-0.2, -0.15) is 0 Å². The zero-order chi connectivity index (χ0) is 15.8. The zero-order valence-electron chi connectivity index (χ0n) is 14.5. The number of carboxylic acid groups (broad SMARTS) is 1. The van der Waals surface area contributed by atoms with Crippen molar-refractivity contribution in [3.63, 3.8) is 0 Å². The Hall–Kier alpha value is -0.530. The van der Waals surface area contributed by atoms with Crippen molar-refractivity contribution in [2.24, 2.45) is 5.92 Å². The maximum Gasteiger partial charge on any atom is 0.303 e. The molecule has 0 aromatic heterocycles. The van der Waals surface area contributed by atoms with Crippen LogP contribution in [-0.4, -0.2) is 11.1 Å². The molecule has 1 atom stereocenters. The van der Waals surface area contributed by atoms with Gasteiger partial charge in [0.1, 0.15) is 0 Å². The van der Waals surface area contributed by atoms with Crippen LogP contribution in [0, 0.1) is 5.92 Å². The lowest BCUT2D eigenvalue weighted by Gasteiger charge is -2.12. The van der Waals surface area contributed by atoms with Gasteiger partial charge in [0.25, 0.3) is 0 Å². The third kappa shape index (κ3) is 15.7. The van der Waals surface area contributed by atoms with Crippen LogP contribution in [0.3, 0.4) is 0 Å². The molecule has 126 valence electrons. The van der Waals surface area contributed by atoms with Gasteiger partial charge in [-0.1, -0.05) is 97.3 Å². The topological polar surface area (TPSA) is 37.3 Å². The summed E-state index contributed by atoms with van der Waals surface area (Å²) in [4.78, 5) is 10.4. The molecule has 2 nitrogen and oxygen atoms in total. The normalized spacial score (nSPS) is 12.5. The minimum absolute atomic E-state index is 0.344. The maximum atomic E-state index is 10.4. The Morgan fingerprint density at radius 2 is 1.24 bits per heavy atom. The van der Waals surface area contributed by atoms with Crippen LogP contribution in [0.1, 0.15) is 110 Å². The molecule has 0 aromatic carbocycles. The summed E-state index contributed by atoms with van der Waals surface area (Å²) in [5, 5.41) is 8.54. The van der Waals surface area contributed by atoms with Crippen molar-refractivity contribution in [3.8, 4) is 0 Å². The smallest absolute Gasteiger partial charge is 0.303 e. The first-order chi connectivity index (χ1) is 10.2. The van der Waals surface area contributed by atoms with Gasteiger partial charge in [0.15, 0.2) is 0 Å². The van der Waals surface area contributed by atoms with E-state index < -0.39 is 5.97 Å². The van der Waals surface area contributed by atoms with Crippen molar-refractivity contribution in [2.45, 2.75) is 110 Å². The number of hydrogen-bond acceptors (Lipinski definition) is 1. The summed E-state index contributed by atoms with van der Waals surface area (Å²) < 4.78 is 0. The molecule has 0 saturated heterocycles. The van der Waals surface area contributed by atoms with Gasteiger partial charge in [0.2, 0.25) is 0 Å². The van der Waals surface area contributed by atoms with E-state index in [1.54, 1.807) is 0 Å². The molecular formula is C19H38O2. The van der Waals surface area contributed by atoms with Crippen LogP contribution in [0.4, 0.5) is 0 Å². The Bertz CT molecular complexity index is 226. The molecule has 0 bridgehead atoms. The fourth-order valence-corrected chi connectivity index (χ4v) is 3.08. The molecule has 2 heteroatoms. The number of rotatable bonds is 16. The fraction of sp³-hybridized carbons (Fsp3) is 0.947. The number of aliphatic carboxylic acids is 1. The fourth-order valence-electron chi connectivity index (χ4n) is 3.08. The van der Waals surface area contributed by atoms with E-state index in [-0.39, 0.29) is 0 Å². The predicted molar refractivity (Wildman–Crippen MR) is 91.7 cm³/mol. The molecule has 0 aliphatic rings. The molecule has 0 amide bonds. The van der Waals surface area contributed by atoms with E-state index in [1.807, 2.05) is 0 Å². The zero-order valence-corrected chi connectivity index (χ0v) is 14.5. The van der Waals surface area contributed by atoms with E-state index in [2.05, 4.69) is 13.8 Å². The van der Waals surface area contributed by atoms with Crippen LogP contribution < -0.4 is 0 Å². The summed E-state index contributed by atoms with van der Waals surface area (Å²) in [6, 6.07) is 0. The Kier molecular flexibility index (Phi) is 15.5. The van der Waals surface area contributed by atoms with Gasteiger partial charge in [-0.15, -0.1) is 0 Å². The molecule has 0 heterocycles. The highest BCUT2D eigenvalue weighted by Gasteiger charge is 2.04. The largest absolute Gasteiger partial charge is 0.481 e. The Balaban J connectivity index is 3.13. The quantitative estimate of drug-likeness (QED) is 0.327. The van der Waals surface area contributed by atoms with Gasteiger partial charge in [0.05, 0.1) is 0 Å². The van der Waals surface area contributed by atoms with Gasteiger partial charge in [-0.3, -0.25) is 4.79 Å². The lowest BCUT2D eigenvalue weighted by Crippen LogP contribution is -1.97. The van der Waals surface area contributed by atoms with Crippen LogP contribution in [0.2, 0.25) is 0 Å². The number of carboxylic acids is 1. The Morgan fingerprint density at radius 3 is 1.67 bits per heavy atom. The molecule has 1 N–H and O–H groups in total. The van der Waals surface area contributed by atoms with Crippen molar-refractivity contribution < 1.29 is 9.90 Å². The average molecular weight is 299 g/mol. The molecule has 0 spiro atoms. The molecule has 0 saturated carbocycles. The van der Waals surface area contributed by atoms with Gasteiger partial charge in [-0.25, -0.2) is 0 Å². The molecular weight excluding hydrogens is 260 g/mol. The predicted octanol–water partition coefficient (Wildman–Crippen LogP) is 6.58. The van der Waals surface area contributed by atoms with E-state index >= 15 is 0 Å². The molecule has 0 radical (unpaired) electrons. The first kappa shape index (κ1) is 20.5. The monoisotopic (exact) mass is 298 g/mol. The summed E-state index contributed by atoms with van der Waals surface area (Å²) in [5.41, 5.74) is 0. The molecule has 0 rings (SSSR count). The highest BCUT2D eigenvalue weighted by molar-refractivity contribution is 5.66. The second-order valence-electron chi connectivity index (χ2n) is 6.53. The van der Waals surface area contributed by atoms with Crippen molar-refractivity contribution in [1.82, 2.24) is 0 Å². The summed E-state index contributed by atoms with van der Waals surface area (Å²) in [5.74, 6) is 0.319. The van der Waals surface area contributed by atoms with E-state index in [0.29, 0.717) is 6.42 Å². The lowest BCUT2D eigenvalue weighted by atomic mass is 9.94. The molecule has 0 aliphatic heterocycles. The number of unbranched alkanes of at least 4 members (excludes halogenated alkanes) is 9. The van der Waals surface area contributed by atoms with Crippen LogP contribution in [0.5, 0.6) is 0 Å². The highest BCUT2D eigenvalue weighted by Crippen LogP contribution is 2.19. The highest BCUT2D eigenvalue weighted by atomic mass is 16.4. The maximum absolute atomic E-state index is 10.4. The van der Waals surface area contributed by atoms with Crippen LogP contribution >= 0.6 is 0 Å². The minimum atomic E-state index is -0.653. The standard InChI is InChI=1S/C19H38O2/c1-3-15-18(4-2)16-13-11-9-7-5-6-8-10-12-14-17-19(20)21/h18H,3-17H2,1-2H3,(H,20,21). The molecule has 21 heavy (non-hydrogen) atoms. The van der Waals surface area contributed by atoms with Crippen molar-refractivity contribution in [2.75, 3.05) is 0 Å². The van der Waals surface area contributed by atoms with E-state index in [4.69, 9.17) is 5.11 Å². The molecule has 0 fully saturated rings.